The zero-order valence-corrected chi connectivity index (χ0v) is 14.2. The third-order valence-corrected chi connectivity index (χ3v) is 4.02. The fourth-order valence-electron chi connectivity index (χ4n) is 3.40. The average Bonchev–Trinajstić information content (AvgIpc) is 2.34. The SMILES string of the molecule is CCCN(C(=O)CC(C)CC(C)(C)C)C1CCNCC1. The topological polar surface area (TPSA) is 32.3 Å². The van der Waals surface area contributed by atoms with Crippen LogP contribution in [0, 0.1) is 11.3 Å². The van der Waals surface area contributed by atoms with Gasteiger partial charge in [0, 0.05) is 19.0 Å². The number of rotatable bonds is 6. The van der Waals surface area contributed by atoms with E-state index in [9.17, 15) is 4.79 Å². The third kappa shape index (κ3) is 6.25. The highest BCUT2D eigenvalue weighted by Gasteiger charge is 2.26. The summed E-state index contributed by atoms with van der Waals surface area (Å²) in [6.45, 7) is 14.2. The van der Waals surface area contributed by atoms with Crippen LogP contribution in [-0.2, 0) is 4.79 Å². The average molecular weight is 282 g/mol. The molecule has 0 aliphatic carbocycles. The molecule has 1 aliphatic heterocycles. The van der Waals surface area contributed by atoms with E-state index in [0.29, 0.717) is 29.7 Å². The molecule has 1 fully saturated rings. The standard InChI is InChI=1S/C17H34N2O/c1-6-11-19(15-7-9-18-10-8-15)16(20)12-14(2)13-17(3,4)5/h14-15,18H,6-13H2,1-5H3. The minimum Gasteiger partial charge on any atom is -0.340 e. The van der Waals surface area contributed by atoms with Crippen molar-refractivity contribution in [3.8, 4) is 0 Å². The molecule has 1 unspecified atom stereocenters. The van der Waals surface area contributed by atoms with Gasteiger partial charge in [-0.1, -0.05) is 34.6 Å². The van der Waals surface area contributed by atoms with Crippen LogP contribution in [0.5, 0.6) is 0 Å². The van der Waals surface area contributed by atoms with Gasteiger partial charge in [-0.05, 0) is 50.1 Å². The molecule has 1 atom stereocenters. The number of hydrogen-bond acceptors (Lipinski definition) is 2. The van der Waals surface area contributed by atoms with Gasteiger partial charge in [0.05, 0.1) is 0 Å². The van der Waals surface area contributed by atoms with Gasteiger partial charge in [0.25, 0.3) is 0 Å². The van der Waals surface area contributed by atoms with Crippen molar-refractivity contribution < 1.29 is 4.79 Å². The fraction of sp³-hybridized carbons (Fsp3) is 0.941. The number of nitrogens with one attached hydrogen (secondary N) is 1. The molecule has 0 saturated carbocycles. The van der Waals surface area contributed by atoms with Crippen molar-refractivity contribution in [2.24, 2.45) is 11.3 Å². The third-order valence-electron chi connectivity index (χ3n) is 4.02. The molecule has 0 aromatic carbocycles. The van der Waals surface area contributed by atoms with Crippen LogP contribution < -0.4 is 5.32 Å². The Balaban J connectivity index is 2.54. The maximum atomic E-state index is 12.6. The van der Waals surface area contributed by atoms with Crippen molar-refractivity contribution in [2.45, 2.75) is 72.8 Å². The molecule has 0 aromatic heterocycles. The van der Waals surface area contributed by atoms with Crippen molar-refractivity contribution in [1.29, 1.82) is 0 Å². The lowest BCUT2D eigenvalue weighted by Crippen LogP contribution is -2.46. The summed E-state index contributed by atoms with van der Waals surface area (Å²) in [5, 5.41) is 3.38. The Morgan fingerprint density at radius 3 is 2.40 bits per heavy atom. The number of carbonyl (C=O) groups is 1. The highest BCUT2D eigenvalue weighted by atomic mass is 16.2. The first-order chi connectivity index (χ1) is 9.33. The van der Waals surface area contributed by atoms with E-state index in [1.807, 2.05) is 0 Å². The fourth-order valence-corrected chi connectivity index (χ4v) is 3.40. The second-order valence-electron chi connectivity index (χ2n) is 7.64. The Labute approximate surface area is 125 Å². The van der Waals surface area contributed by atoms with Crippen LogP contribution in [0.1, 0.15) is 66.7 Å². The molecular weight excluding hydrogens is 248 g/mol. The number of amides is 1. The zero-order valence-electron chi connectivity index (χ0n) is 14.2. The molecule has 1 N–H and O–H groups in total. The van der Waals surface area contributed by atoms with Crippen LogP contribution in [-0.4, -0.2) is 36.5 Å². The molecule has 1 saturated heterocycles. The molecule has 1 amide bonds. The smallest absolute Gasteiger partial charge is 0.223 e. The van der Waals surface area contributed by atoms with E-state index in [0.717, 1.165) is 45.3 Å². The maximum absolute atomic E-state index is 12.6. The Morgan fingerprint density at radius 2 is 1.90 bits per heavy atom. The van der Waals surface area contributed by atoms with Crippen molar-refractivity contribution in [2.75, 3.05) is 19.6 Å². The molecule has 3 nitrogen and oxygen atoms in total. The molecule has 20 heavy (non-hydrogen) atoms. The van der Waals surface area contributed by atoms with Crippen LogP contribution in [0.2, 0.25) is 0 Å². The van der Waals surface area contributed by atoms with E-state index >= 15 is 0 Å². The normalized spacial score (nSPS) is 18.9. The molecule has 118 valence electrons. The summed E-state index contributed by atoms with van der Waals surface area (Å²) in [4.78, 5) is 14.8. The summed E-state index contributed by atoms with van der Waals surface area (Å²) in [6.07, 6.45) is 5.11. The van der Waals surface area contributed by atoms with Gasteiger partial charge in [0.15, 0.2) is 0 Å². The molecule has 0 radical (unpaired) electrons. The van der Waals surface area contributed by atoms with Gasteiger partial charge < -0.3 is 10.2 Å². The highest BCUT2D eigenvalue weighted by molar-refractivity contribution is 5.76. The maximum Gasteiger partial charge on any atom is 0.223 e. The first-order valence-corrected chi connectivity index (χ1v) is 8.33. The van der Waals surface area contributed by atoms with Crippen LogP contribution in [0.15, 0.2) is 0 Å². The van der Waals surface area contributed by atoms with Gasteiger partial charge in [-0.25, -0.2) is 0 Å². The van der Waals surface area contributed by atoms with Gasteiger partial charge in [-0.3, -0.25) is 4.79 Å². The molecule has 0 spiro atoms. The van der Waals surface area contributed by atoms with Crippen molar-refractivity contribution >= 4 is 5.91 Å². The highest BCUT2D eigenvalue weighted by Crippen LogP contribution is 2.27. The summed E-state index contributed by atoms with van der Waals surface area (Å²) in [5.74, 6) is 0.846. The van der Waals surface area contributed by atoms with Gasteiger partial charge >= 0.3 is 0 Å². The van der Waals surface area contributed by atoms with E-state index < -0.39 is 0 Å². The van der Waals surface area contributed by atoms with Gasteiger partial charge in [0.2, 0.25) is 5.91 Å². The zero-order chi connectivity index (χ0) is 15.2. The number of carbonyl (C=O) groups excluding carboxylic acids is 1. The van der Waals surface area contributed by atoms with Crippen LogP contribution in [0.3, 0.4) is 0 Å². The second-order valence-corrected chi connectivity index (χ2v) is 7.64. The minimum absolute atomic E-state index is 0.310. The van der Waals surface area contributed by atoms with E-state index in [2.05, 4.69) is 44.8 Å². The minimum atomic E-state index is 0.310. The Kier molecular flexibility index (Phi) is 7.01. The van der Waals surface area contributed by atoms with Gasteiger partial charge in [-0.15, -0.1) is 0 Å². The van der Waals surface area contributed by atoms with Crippen molar-refractivity contribution in [3.05, 3.63) is 0 Å². The second kappa shape index (κ2) is 8.02. The molecule has 1 aliphatic rings. The van der Waals surface area contributed by atoms with Crippen molar-refractivity contribution in [1.82, 2.24) is 10.2 Å². The summed E-state index contributed by atoms with van der Waals surface area (Å²) in [7, 11) is 0. The largest absolute Gasteiger partial charge is 0.340 e. The number of nitrogens with zero attached hydrogens (tertiary/aromatic N) is 1. The summed E-state index contributed by atoms with van der Waals surface area (Å²) >= 11 is 0. The monoisotopic (exact) mass is 282 g/mol. The Morgan fingerprint density at radius 1 is 1.30 bits per heavy atom. The van der Waals surface area contributed by atoms with Crippen LogP contribution >= 0.6 is 0 Å². The lowest BCUT2D eigenvalue weighted by Gasteiger charge is -2.35. The van der Waals surface area contributed by atoms with E-state index in [4.69, 9.17) is 0 Å². The summed E-state index contributed by atoms with van der Waals surface area (Å²) in [6, 6.07) is 0.463. The molecule has 1 heterocycles. The van der Waals surface area contributed by atoms with Crippen LogP contribution in [0.25, 0.3) is 0 Å². The first kappa shape index (κ1) is 17.5. The van der Waals surface area contributed by atoms with Gasteiger partial charge in [-0.2, -0.15) is 0 Å². The lowest BCUT2D eigenvalue weighted by atomic mass is 9.84. The van der Waals surface area contributed by atoms with E-state index in [-0.39, 0.29) is 0 Å². The predicted molar refractivity (Wildman–Crippen MR) is 85.7 cm³/mol. The lowest BCUT2D eigenvalue weighted by molar-refractivity contribution is -0.135. The number of hydrogen-bond donors (Lipinski definition) is 1. The Hall–Kier alpha value is -0.570. The molecule has 0 aromatic rings. The van der Waals surface area contributed by atoms with Gasteiger partial charge in [0.1, 0.15) is 0 Å². The predicted octanol–water partition coefficient (Wildman–Crippen LogP) is 3.44. The van der Waals surface area contributed by atoms with E-state index in [1.165, 1.54) is 0 Å². The molecular formula is C17H34N2O. The molecule has 3 heteroatoms. The van der Waals surface area contributed by atoms with Crippen molar-refractivity contribution in [3.63, 3.8) is 0 Å². The molecule has 0 bridgehead atoms. The summed E-state index contributed by atoms with van der Waals surface area (Å²) in [5.41, 5.74) is 0.310. The Bertz CT molecular complexity index is 290. The van der Waals surface area contributed by atoms with E-state index in [1.54, 1.807) is 0 Å². The summed E-state index contributed by atoms with van der Waals surface area (Å²) < 4.78 is 0. The molecule has 1 rings (SSSR count). The quantitative estimate of drug-likeness (QED) is 0.809. The van der Waals surface area contributed by atoms with Crippen LogP contribution in [0.4, 0.5) is 0 Å². The number of piperidine rings is 1. The first-order valence-electron chi connectivity index (χ1n) is 8.33.